The summed E-state index contributed by atoms with van der Waals surface area (Å²) in [6.07, 6.45) is 0.487. The van der Waals surface area contributed by atoms with Crippen LogP contribution >= 0.6 is 0 Å². The summed E-state index contributed by atoms with van der Waals surface area (Å²) in [7, 11) is -7.17. The summed E-state index contributed by atoms with van der Waals surface area (Å²) in [6, 6.07) is 14.4. The van der Waals surface area contributed by atoms with E-state index in [0.717, 1.165) is 35.0 Å². The van der Waals surface area contributed by atoms with Gasteiger partial charge in [0.25, 0.3) is 10.1 Å². The lowest BCUT2D eigenvalue weighted by Gasteiger charge is -2.23. The molecular formula is C28H35FN2O8S2. The van der Waals surface area contributed by atoms with Gasteiger partial charge in [-0.2, -0.15) is 8.42 Å². The Morgan fingerprint density at radius 1 is 1.00 bits per heavy atom. The zero-order valence-corrected chi connectivity index (χ0v) is 25.4. The molecule has 2 aromatic carbocycles. The van der Waals surface area contributed by atoms with E-state index in [2.05, 4.69) is 5.32 Å². The Morgan fingerprint density at radius 2 is 1.61 bits per heavy atom. The van der Waals surface area contributed by atoms with Crippen molar-refractivity contribution in [3.8, 4) is 16.9 Å². The van der Waals surface area contributed by atoms with E-state index in [4.69, 9.17) is 13.7 Å². The minimum Gasteiger partial charge on any atom is -0.444 e. The predicted octanol–water partition coefficient (Wildman–Crippen LogP) is 4.38. The number of ether oxygens (including phenoxy) is 2. The van der Waals surface area contributed by atoms with Crippen molar-refractivity contribution in [2.24, 2.45) is 0 Å². The highest BCUT2D eigenvalue weighted by Crippen LogP contribution is 2.31. The highest BCUT2D eigenvalue weighted by molar-refractivity contribution is 7.90. The largest absolute Gasteiger partial charge is 0.444 e. The first-order valence-electron chi connectivity index (χ1n) is 12.7. The number of rotatable bonds is 11. The average molecular weight is 611 g/mol. The number of nitrogens with zero attached hydrogens (tertiary/aromatic N) is 1. The lowest BCUT2D eigenvalue weighted by atomic mass is 10.1. The van der Waals surface area contributed by atoms with Crippen LogP contribution in [0.2, 0.25) is 0 Å². The molecule has 0 aliphatic carbocycles. The number of sulfone groups is 1. The van der Waals surface area contributed by atoms with Gasteiger partial charge < -0.3 is 14.0 Å². The van der Waals surface area contributed by atoms with Gasteiger partial charge in [-0.15, -0.1) is 0 Å². The molecule has 0 spiro atoms. The minimum atomic E-state index is -3.79. The number of halogens is 1. The second-order valence-corrected chi connectivity index (χ2v) is 14.2. The van der Waals surface area contributed by atoms with Gasteiger partial charge in [0.05, 0.1) is 23.5 Å². The maximum Gasteiger partial charge on any atom is 0.409 e. The molecule has 41 heavy (non-hydrogen) atoms. The van der Waals surface area contributed by atoms with Crippen molar-refractivity contribution in [1.29, 1.82) is 0 Å². The zero-order chi connectivity index (χ0) is 30.6. The van der Waals surface area contributed by atoms with E-state index in [-0.39, 0.29) is 17.3 Å². The van der Waals surface area contributed by atoms with Gasteiger partial charge >= 0.3 is 6.09 Å². The fraction of sp³-hybridized carbons (Fsp3) is 0.393. The van der Waals surface area contributed by atoms with Crippen LogP contribution in [0.15, 0.2) is 59.5 Å². The summed E-state index contributed by atoms with van der Waals surface area (Å²) < 4.78 is 78.4. The van der Waals surface area contributed by atoms with E-state index in [1.54, 1.807) is 45.0 Å². The maximum absolute atomic E-state index is 13.7. The van der Waals surface area contributed by atoms with Gasteiger partial charge in [0.2, 0.25) is 0 Å². The summed E-state index contributed by atoms with van der Waals surface area (Å²) in [5, 5.41) is 2.48. The van der Waals surface area contributed by atoms with Crippen LogP contribution in [-0.4, -0.2) is 65.1 Å². The van der Waals surface area contributed by atoms with Crippen molar-refractivity contribution in [1.82, 2.24) is 9.88 Å². The third-order valence-electron chi connectivity index (χ3n) is 5.82. The summed E-state index contributed by atoms with van der Waals surface area (Å²) in [5.74, 6) is -0.383. The van der Waals surface area contributed by atoms with E-state index in [0.29, 0.717) is 12.1 Å². The molecule has 0 aliphatic rings. The van der Waals surface area contributed by atoms with Crippen LogP contribution in [0.25, 0.3) is 16.9 Å². The second kappa shape index (κ2) is 12.7. The van der Waals surface area contributed by atoms with Crippen molar-refractivity contribution in [2.45, 2.75) is 50.8 Å². The molecule has 1 amide bonds. The van der Waals surface area contributed by atoms with E-state index in [1.807, 2.05) is 17.6 Å². The molecule has 1 atom stereocenters. The van der Waals surface area contributed by atoms with E-state index in [9.17, 15) is 26.0 Å². The summed E-state index contributed by atoms with van der Waals surface area (Å²) in [5.41, 5.74) is 3.09. The smallest absolute Gasteiger partial charge is 0.409 e. The number of aromatic nitrogens is 1. The van der Waals surface area contributed by atoms with Gasteiger partial charge in [-0.1, -0.05) is 12.1 Å². The third kappa shape index (κ3) is 9.66. The zero-order valence-electron chi connectivity index (χ0n) is 23.8. The Bertz CT molecular complexity index is 1580. The van der Waals surface area contributed by atoms with Crippen molar-refractivity contribution in [2.75, 3.05) is 25.7 Å². The van der Waals surface area contributed by atoms with Crippen LogP contribution in [0.1, 0.15) is 32.0 Å². The van der Waals surface area contributed by atoms with Crippen LogP contribution in [0.3, 0.4) is 0 Å². The first-order chi connectivity index (χ1) is 18.9. The lowest BCUT2D eigenvalue weighted by Crippen LogP contribution is -2.43. The molecule has 3 aromatic rings. The van der Waals surface area contributed by atoms with Gasteiger partial charge in [-0.05, 0) is 87.7 Å². The first kappa shape index (κ1) is 32.3. The van der Waals surface area contributed by atoms with Crippen molar-refractivity contribution < 1.29 is 39.7 Å². The van der Waals surface area contributed by atoms with Crippen LogP contribution in [0.5, 0.6) is 0 Å². The van der Waals surface area contributed by atoms with Crippen molar-refractivity contribution >= 4 is 26.0 Å². The quantitative estimate of drug-likeness (QED) is 0.250. The Hall–Kier alpha value is -3.26. The number of carbonyl (C=O) groups is 1. The molecule has 10 nitrogen and oxygen atoms in total. The fourth-order valence-electron chi connectivity index (χ4n) is 3.99. The molecule has 13 heteroatoms. The van der Waals surface area contributed by atoms with Crippen LogP contribution < -0.4 is 5.32 Å². The molecule has 0 unspecified atom stereocenters. The fourth-order valence-corrected chi connectivity index (χ4v) is 4.99. The standard InChI is InChI=1S/C28H35FN2O8S2/c1-19-21(15-16-37-26(18-38-41(6,35)36)30-27(32)39-28(2,3)4)17-25(31(19)23-11-9-22(29)10-12-23)20-7-13-24(14-8-20)40(5,33)34/h7-14,17,26H,15-16,18H2,1-6H3,(H,30,32)/t26-/m0/s1. The van der Waals surface area contributed by atoms with Crippen LogP contribution in [0, 0.1) is 12.7 Å². The number of alkyl carbamates (subject to hydrolysis) is 1. The Morgan fingerprint density at radius 3 is 2.15 bits per heavy atom. The van der Waals surface area contributed by atoms with Gasteiger partial charge in [0, 0.05) is 17.6 Å². The van der Waals surface area contributed by atoms with Crippen LogP contribution in [0.4, 0.5) is 9.18 Å². The number of benzene rings is 2. The second-order valence-electron chi connectivity index (χ2n) is 10.5. The van der Waals surface area contributed by atoms with Gasteiger partial charge in [0.1, 0.15) is 18.0 Å². The number of hydrogen-bond acceptors (Lipinski definition) is 8. The topological polar surface area (TPSA) is 130 Å². The minimum absolute atomic E-state index is 0.0777. The molecule has 1 aromatic heterocycles. The predicted molar refractivity (Wildman–Crippen MR) is 153 cm³/mol. The first-order valence-corrected chi connectivity index (χ1v) is 16.4. The molecule has 0 fully saturated rings. The van der Waals surface area contributed by atoms with Gasteiger partial charge in [0.15, 0.2) is 16.1 Å². The molecular weight excluding hydrogens is 575 g/mol. The molecule has 3 rings (SSSR count). The highest BCUT2D eigenvalue weighted by atomic mass is 32.2. The van der Waals surface area contributed by atoms with Crippen molar-refractivity contribution in [3.63, 3.8) is 0 Å². The molecule has 0 saturated carbocycles. The lowest BCUT2D eigenvalue weighted by molar-refractivity contribution is -0.0117. The van der Waals surface area contributed by atoms with E-state index in [1.165, 1.54) is 24.3 Å². The third-order valence-corrected chi connectivity index (χ3v) is 7.51. The molecule has 1 heterocycles. The number of nitrogens with one attached hydrogen (secondary N) is 1. The van der Waals surface area contributed by atoms with Crippen LogP contribution in [-0.2, 0) is 40.0 Å². The molecule has 0 aliphatic heterocycles. The number of hydrogen-bond donors (Lipinski definition) is 1. The molecule has 224 valence electrons. The maximum atomic E-state index is 13.7. The van der Waals surface area contributed by atoms with Gasteiger partial charge in [-0.3, -0.25) is 9.50 Å². The number of amides is 1. The molecule has 0 radical (unpaired) electrons. The Balaban J connectivity index is 1.88. The SMILES string of the molecule is Cc1c(CCO[C@@H](COS(C)(=O)=O)NC(=O)OC(C)(C)C)cc(-c2ccc(S(C)(=O)=O)cc2)n1-c1ccc(F)cc1. The monoisotopic (exact) mass is 610 g/mol. The molecule has 0 saturated heterocycles. The Labute approximate surface area is 240 Å². The van der Waals surface area contributed by atoms with Crippen molar-refractivity contribution in [3.05, 3.63) is 71.7 Å². The number of carbonyl (C=O) groups excluding carboxylic acids is 1. The van der Waals surface area contributed by atoms with E-state index < -0.39 is 44.5 Å². The van der Waals surface area contributed by atoms with E-state index >= 15 is 0 Å². The summed E-state index contributed by atoms with van der Waals surface area (Å²) in [6.45, 7) is 6.58. The highest BCUT2D eigenvalue weighted by Gasteiger charge is 2.22. The average Bonchev–Trinajstić information content (AvgIpc) is 3.17. The summed E-state index contributed by atoms with van der Waals surface area (Å²) in [4.78, 5) is 12.5. The summed E-state index contributed by atoms with van der Waals surface area (Å²) >= 11 is 0. The van der Waals surface area contributed by atoms with Gasteiger partial charge in [-0.25, -0.2) is 17.6 Å². The normalized spacial score (nSPS) is 13.1. The molecule has 0 bridgehead atoms. The Kier molecular flexibility index (Phi) is 10.0. The molecule has 1 N–H and O–H groups in total.